The van der Waals surface area contributed by atoms with Crippen molar-refractivity contribution in [3.63, 3.8) is 0 Å². The maximum atomic E-state index is 13.0. The van der Waals surface area contributed by atoms with E-state index in [0.717, 1.165) is 38.2 Å². The van der Waals surface area contributed by atoms with Gasteiger partial charge in [-0.25, -0.2) is 4.98 Å². The van der Waals surface area contributed by atoms with Crippen molar-refractivity contribution < 1.29 is 9.53 Å². The molecular weight excluding hydrogens is 324 g/mol. The van der Waals surface area contributed by atoms with Gasteiger partial charge in [0.2, 0.25) is 0 Å². The van der Waals surface area contributed by atoms with Crippen LogP contribution in [0.3, 0.4) is 0 Å². The maximum absolute atomic E-state index is 13.0. The van der Waals surface area contributed by atoms with Crippen LogP contribution in [0.15, 0.2) is 48.7 Å². The molecule has 0 aliphatic carbocycles. The quantitative estimate of drug-likeness (QED) is 0.775. The standard InChI is InChI=1S/C19H21ClN2O2/c20-18-12-17(6-9-21-18)19(23)22(13-15-4-2-1-3-5-15)14-16-7-10-24-11-8-16/h1-6,9,12,16H,7-8,10-11,13-14H2. The normalized spacial score (nSPS) is 15.2. The van der Waals surface area contributed by atoms with Crippen LogP contribution in [0.4, 0.5) is 0 Å². The Morgan fingerprint density at radius 1 is 1.21 bits per heavy atom. The number of benzene rings is 1. The second kappa shape index (κ2) is 8.27. The number of hydrogen-bond acceptors (Lipinski definition) is 3. The predicted octanol–water partition coefficient (Wildman–Crippen LogP) is 3.80. The first kappa shape index (κ1) is 16.9. The van der Waals surface area contributed by atoms with Gasteiger partial charge in [-0.3, -0.25) is 4.79 Å². The number of rotatable bonds is 5. The van der Waals surface area contributed by atoms with Crippen molar-refractivity contribution >= 4 is 17.5 Å². The first-order chi connectivity index (χ1) is 11.7. The van der Waals surface area contributed by atoms with Gasteiger partial charge in [-0.05, 0) is 36.5 Å². The molecule has 0 spiro atoms. The third-order valence-electron chi connectivity index (χ3n) is 4.30. The number of amides is 1. The van der Waals surface area contributed by atoms with E-state index in [2.05, 4.69) is 4.98 Å². The summed E-state index contributed by atoms with van der Waals surface area (Å²) in [4.78, 5) is 18.9. The monoisotopic (exact) mass is 344 g/mol. The fourth-order valence-corrected chi connectivity index (χ4v) is 3.16. The van der Waals surface area contributed by atoms with Crippen LogP contribution < -0.4 is 0 Å². The van der Waals surface area contributed by atoms with Crippen LogP contribution in [-0.4, -0.2) is 35.5 Å². The number of nitrogens with zero attached hydrogens (tertiary/aromatic N) is 2. The smallest absolute Gasteiger partial charge is 0.254 e. The molecule has 1 saturated heterocycles. The maximum Gasteiger partial charge on any atom is 0.254 e. The molecule has 0 N–H and O–H groups in total. The van der Waals surface area contributed by atoms with E-state index in [-0.39, 0.29) is 5.91 Å². The molecule has 1 amide bonds. The lowest BCUT2D eigenvalue weighted by atomic mass is 9.99. The second-order valence-electron chi connectivity index (χ2n) is 6.09. The number of halogens is 1. The van der Waals surface area contributed by atoms with E-state index in [1.54, 1.807) is 18.3 Å². The molecule has 0 bridgehead atoms. The van der Waals surface area contributed by atoms with Gasteiger partial charge in [0.1, 0.15) is 5.15 Å². The van der Waals surface area contributed by atoms with Gasteiger partial charge in [0.05, 0.1) is 0 Å². The third kappa shape index (κ3) is 4.56. The van der Waals surface area contributed by atoms with Crippen molar-refractivity contribution in [3.05, 3.63) is 64.9 Å². The molecule has 0 unspecified atom stereocenters. The average molecular weight is 345 g/mol. The average Bonchev–Trinajstić information content (AvgIpc) is 2.62. The van der Waals surface area contributed by atoms with Gasteiger partial charge in [0.25, 0.3) is 5.91 Å². The van der Waals surface area contributed by atoms with E-state index >= 15 is 0 Å². The number of carbonyl (C=O) groups excluding carboxylic acids is 1. The molecule has 5 heteroatoms. The minimum absolute atomic E-state index is 0.00496. The summed E-state index contributed by atoms with van der Waals surface area (Å²) >= 11 is 5.95. The Balaban J connectivity index is 1.78. The minimum atomic E-state index is -0.00496. The van der Waals surface area contributed by atoms with E-state index in [1.807, 2.05) is 35.2 Å². The van der Waals surface area contributed by atoms with Gasteiger partial charge >= 0.3 is 0 Å². The highest BCUT2D eigenvalue weighted by molar-refractivity contribution is 6.29. The SMILES string of the molecule is O=C(c1ccnc(Cl)c1)N(Cc1ccccc1)CC1CCOCC1. The van der Waals surface area contributed by atoms with Crippen LogP contribution >= 0.6 is 11.6 Å². The molecule has 1 aliphatic heterocycles. The molecule has 0 saturated carbocycles. The first-order valence-electron chi connectivity index (χ1n) is 8.25. The number of aromatic nitrogens is 1. The molecule has 1 aliphatic rings. The summed E-state index contributed by atoms with van der Waals surface area (Å²) in [5.41, 5.74) is 1.70. The van der Waals surface area contributed by atoms with E-state index < -0.39 is 0 Å². The highest BCUT2D eigenvalue weighted by Crippen LogP contribution is 2.20. The highest BCUT2D eigenvalue weighted by Gasteiger charge is 2.22. The van der Waals surface area contributed by atoms with E-state index in [0.29, 0.717) is 23.2 Å². The lowest BCUT2D eigenvalue weighted by molar-refractivity contribution is 0.0446. The Bertz CT molecular complexity index is 672. The molecule has 2 heterocycles. The van der Waals surface area contributed by atoms with Gasteiger partial charge in [0, 0.05) is 38.1 Å². The molecule has 1 fully saturated rings. The molecular formula is C19H21ClN2O2. The minimum Gasteiger partial charge on any atom is -0.381 e. The summed E-state index contributed by atoms with van der Waals surface area (Å²) in [6.45, 7) is 2.88. The number of ether oxygens (including phenoxy) is 1. The molecule has 126 valence electrons. The largest absolute Gasteiger partial charge is 0.381 e. The second-order valence-corrected chi connectivity index (χ2v) is 6.48. The van der Waals surface area contributed by atoms with Crippen LogP contribution in [0.2, 0.25) is 5.15 Å². The van der Waals surface area contributed by atoms with Crippen LogP contribution in [0.25, 0.3) is 0 Å². The van der Waals surface area contributed by atoms with E-state index in [4.69, 9.17) is 16.3 Å². The Hall–Kier alpha value is -1.91. The van der Waals surface area contributed by atoms with Crippen molar-refractivity contribution in [3.8, 4) is 0 Å². The van der Waals surface area contributed by atoms with E-state index in [1.165, 1.54) is 0 Å². The zero-order valence-corrected chi connectivity index (χ0v) is 14.3. The highest BCUT2D eigenvalue weighted by atomic mass is 35.5. The summed E-state index contributed by atoms with van der Waals surface area (Å²) in [6.07, 6.45) is 3.57. The zero-order chi connectivity index (χ0) is 16.8. The molecule has 0 atom stereocenters. The van der Waals surface area contributed by atoms with Gasteiger partial charge in [-0.1, -0.05) is 41.9 Å². The molecule has 1 aromatic carbocycles. The van der Waals surface area contributed by atoms with Crippen molar-refractivity contribution in [2.75, 3.05) is 19.8 Å². The summed E-state index contributed by atoms with van der Waals surface area (Å²) in [5, 5.41) is 0.339. The fourth-order valence-electron chi connectivity index (χ4n) is 2.98. The Morgan fingerprint density at radius 3 is 2.67 bits per heavy atom. The molecule has 4 nitrogen and oxygen atoms in total. The van der Waals surface area contributed by atoms with E-state index in [9.17, 15) is 4.79 Å². The lowest BCUT2D eigenvalue weighted by Crippen LogP contribution is -2.36. The van der Waals surface area contributed by atoms with Gasteiger partial charge in [0.15, 0.2) is 0 Å². The molecule has 24 heavy (non-hydrogen) atoms. The van der Waals surface area contributed by atoms with Crippen LogP contribution in [0.1, 0.15) is 28.8 Å². The number of carbonyl (C=O) groups is 1. The topological polar surface area (TPSA) is 42.4 Å². The summed E-state index contributed by atoms with van der Waals surface area (Å²) < 4.78 is 5.43. The van der Waals surface area contributed by atoms with Crippen molar-refractivity contribution in [1.29, 1.82) is 0 Å². The Morgan fingerprint density at radius 2 is 1.96 bits per heavy atom. The number of hydrogen-bond donors (Lipinski definition) is 0. The summed E-state index contributed by atoms with van der Waals surface area (Å²) in [6, 6.07) is 13.4. The van der Waals surface area contributed by atoms with Crippen molar-refractivity contribution in [2.24, 2.45) is 5.92 Å². The van der Waals surface area contributed by atoms with Gasteiger partial charge in [-0.2, -0.15) is 0 Å². The molecule has 1 aromatic heterocycles. The van der Waals surface area contributed by atoms with Crippen LogP contribution in [0, 0.1) is 5.92 Å². The Kier molecular flexibility index (Phi) is 5.83. The molecule has 2 aromatic rings. The zero-order valence-electron chi connectivity index (χ0n) is 13.5. The van der Waals surface area contributed by atoms with Gasteiger partial charge < -0.3 is 9.64 Å². The van der Waals surface area contributed by atoms with Crippen LogP contribution in [-0.2, 0) is 11.3 Å². The predicted molar refractivity (Wildman–Crippen MR) is 94.0 cm³/mol. The van der Waals surface area contributed by atoms with Gasteiger partial charge in [-0.15, -0.1) is 0 Å². The summed E-state index contributed by atoms with van der Waals surface area (Å²) in [7, 11) is 0. The third-order valence-corrected chi connectivity index (χ3v) is 4.50. The first-order valence-corrected chi connectivity index (χ1v) is 8.62. The van der Waals surface area contributed by atoms with Crippen molar-refractivity contribution in [2.45, 2.75) is 19.4 Å². The van der Waals surface area contributed by atoms with Crippen molar-refractivity contribution in [1.82, 2.24) is 9.88 Å². The molecule has 3 rings (SSSR count). The lowest BCUT2D eigenvalue weighted by Gasteiger charge is -2.30. The van der Waals surface area contributed by atoms with Crippen LogP contribution in [0.5, 0.6) is 0 Å². The summed E-state index contributed by atoms with van der Waals surface area (Å²) in [5.74, 6) is 0.471. The fraction of sp³-hybridized carbons (Fsp3) is 0.368. The Labute approximate surface area is 147 Å². The molecule has 0 radical (unpaired) electrons. The number of pyridine rings is 1.